The topological polar surface area (TPSA) is 77.8 Å². The Hall–Kier alpha value is -1.88. The molecule has 0 bridgehead atoms. The highest BCUT2D eigenvalue weighted by Crippen LogP contribution is 2.14. The molecule has 0 saturated heterocycles. The molecule has 0 aromatic heterocycles. The maximum atomic E-state index is 12.4. The Labute approximate surface area is 112 Å². The van der Waals surface area contributed by atoms with Gasteiger partial charge in [0.05, 0.1) is 11.1 Å². The summed E-state index contributed by atoms with van der Waals surface area (Å²) in [5.74, 6) is -1.43. The molecule has 1 aromatic carbocycles. The van der Waals surface area contributed by atoms with Crippen LogP contribution >= 0.6 is 0 Å². The highest BCUT2D eigenvalue weighted by Gasteiger charge is 2.22. The maximum Gasteiger partial charge on any atom is 0.336 e. The molecule has 1 amide bonds. The van der Waals surface area contributed by atoms with Gasteiger partial charge in [0.25, 0.3) is 5.91 Å². The third-order valence-electron chi connectivity index (χ3n) is 2.83. The van der Waals surface area contributed by atoms with Crippen molar-refractivity contribution in [3.05, 3.63) is 35.4 Å². The van der Waals surface area contributed by atoms with Crippen molar-refractivity contribution in [1.82, 2.24) is 4.90 Å². The first-order chi connectivity index (χ1) is 8.99. The number of aromatic carboxylic acids is 1. The van der Waals surface area contributed by atoms with E-state index < -0.39 is 5.97 Å². The Kier molecular flexibility index (Phi) is 5.51. The zero-order valence-electron chi connectivity index (χ0n) is 11.2. The largest absolute Gasteiger partial charge is 0.478 e. The molecule has 0 heterocycles. The van der Waals surface area contributed by atoms with Gasteiger partial charge >= 0.3 is 5.97 Å². The minimum Gasteiger partial charge on any atom is -0.478 e. The van der Waals surface area contributed by atoms with Crippen LogP contribution in [-0.4, -0.2) is 46.2 Å². The van der Waals surface area contributed by atoms with Gasteiger partial charge in [-0.25, -0.2) is 4.79 Å². The number of aliphatic hydroxyl groups excluding tert-OH is 1. The lowest BCUT2D eigenvalue weighted by atomic mass is 10.1. The summed E-state index contributed by atoms with van der Waals surface area (Å²) in [6.07, 6.45) is 0.471. The van der Waals surface area contributed by atoms with Crippen LogP contribution in [0.4, 0.5) is 0 Å². The van der Waals surface area contributed by atoms with Crippen LogP contribution in [-0.2, 0) is 0 Å². The third-order valence-corrected chi connectivity index (χ3v) is 2.83. The van der Waals surface area contributed by atoms with Crippen LogP contribution < -0.4 is 0 Å². The van der Waals surface area contributed by atoms with Crippen LogP contribution in [0.5, 0.6) is 0 Å². The molecule has 2 N–H and O–H groups in total. The SMILES string of the molecule is CC(C)N(CCCO)C(=O)c1ccccc1C(=O)O. The number of rotatable bonds is 6. The summed E-state index contributed by atoms with van der Waals surface area (Å²) >= 11 is 0. The van der Waals surface area contributed by atoms with Gasteiger partial charge < -0.3 is 15.1 Å². The zero-order chi connectivity index (χ0) is 14.4. The van der Waals surface area contributed by atoms with Crippen molar-refractivity contribution in [2.75, 3.05) is 13.2 Å². The lowest BCUT2D eigenvalue weighted by Crippen LogP contribution is -2.38. The minimum atomic E-state index is -1.12. The van der Waals surface area contributed by atoms with Gasteiger partial charge in [0.2, 0.25) is 0 Å². The molecule has 0 aliphatic heterocycles. The number of carboxylic acid groups (broad SMARTS) is 1. The lowest BCUT2D eigenvalue weighted by Gasteiger charge is -2.27. The van der Waals surface area contributed by atoms with Gasteiger partial charge in [-0.05, 0) is 32.4 Å². The Morgan fingerprint density at radius 2 is 1.79 bits per heavy atom. The molecule has 0 unspecified atom stereocenters. The van der Waals surface area contributed by atoms with Gasteiger partial charge in [0.1, 0.15) is 0 Å². The Morgan fingerprint density at radius 1 is 1.21 bits per heavy atom. The molecule has 0 saturated carbocycles. The molecule has 5 heteroatoms. The summed E-state index contributed by atoms with van der Waals surface area (Å²) in [6.45, 7) is 4.12. The molecular weight excluding hydrogens is 246 g/mol. The van der Waals surface area contributed by atoms with Gasteiger partial charge in [-0.2, -0.15) is 0 Å². The minimum absolute atomic E-state index is 0.00199. The fourth-order valence-electron chi connectivity index (χ4n) is 1.85. The van der Waals surface area contributed by atoms with E-state index in [1.807, 2.05) is 13.8 Å². The number of nitrogens with zero attached hydrogens (tertiary/aromatic N) is 1. The first-order valence-corrected chi connectivity index (χ1v) is 6.23. The lowest BCUT2D eigenvalue weighted by molar-refractivity contribution is 0.0651. The third kappa shape index (κ3) is 3.79. The highest BCUT2D eigenvalue weighted by atomic mass is 16.4. The Balaban J connectivity index is 3.06. The number of amides is 1. The summed E-state index contributed by atoms with van der Waals surface area (Å²) < 4.78 is 0. The molecule has 0 fully saturated rings. The zero-order valence-corrected chi connectivity index (χ0v) is 11.2. The second-order valence-corrected chi connectivity index (χ2v) is 4.52. The van der Waals surface area contributed by atoms with E-state index in [1.165, 1.54) is 12.1 Å². The molecule has 19 heavy (non-hydrogen) atoms. The molecule has 1 aromatic rings. The predicted octanol–water partition coefficient (Wildman–Crippen LogP) is 1.62. The predicted molar refractivity (Wildman–Crippen MR) is 71.3 cm³/mol. The number of carbonyl (C=O) groups excluding carboxylic acids is 1. The summed E-state index contributed by atoms with van der Waals surface area (Å²) in [7, 11) is 0. The number of hydrogen-bond acceptors (Lipinski definition) is 3. The molecule has 5 nitrogen and oxygen atoms in total. The van der Waals surface area contributed by atoms with Crippen LogP contribution in [0, 0.1) is 0 Å². The molecular formula is C14H19NO4. The van der Waals surface area contributed by atoms with E-state index in [2.05, 4.69) is 0 Å². The van der Waals surface area contributed by atoms with Crippen LogP contribution in [0.2, 0.25) is 0 Å². The fraction of sp³-hybridized carbons (Fsp3) is 0.429. The van der Waals surface area contributed by atoms with Crippen molar-refractivity contribution in [1.29, 1.82) is 0 Å². The first kappa shape index (κ1) is 15.2. The van der Waals surface area contributed by atoms with Crippen molar-refractivity contribution < 1.29 is 19.8 Å². The maximum absolute atomic E-state index is 12.4. The van der Waals surface area contributed by atoms with Crippen molar-refractivity contribution in [3.8, 4) is 0 Å². The monoisotopic (exact) mass is 265 g/mol. The summed E-state index contributed by atoms with van der Waals surface area (Å²) in [5, 5.41) is 18.0. The molecule has 0 radical (unpaired) electrons. The summed E-state index contributed by atoms with van der Waals surface area (Å²) in [5.41, 5.74) is 0.184. The highest BCUT2D eigenvalue weighted by molar-refractivity contribution is 6.04. The second kappa shape index (κ2) is 6.89. The molecule has 0 aliphatic rings. The van der Waals surface area contributed by atoms with Crippen LogP contribution in [0.25, 0.3) is 0 Å². The van der Waals surface area contributed by atoms with Crippen LogP contribution in [0.1, 0.15) is 41.0 Å². The molecule has 0 aliphatic carbocycles. The molecule has 0 spiro atoms. The summed E-state index contributed by atoms with van der Waals surface area (Å²) in [6, 6.07) is 6.11. The van der Waals surface area contributed by atoms with Crippen molar-refractivity contribution in [2.24, 2.45) is 0 Å². The van der Waals surface area contributed by atoms with E-state index in [-0.39, 0.29) is 29.7 Å². The number of benzene rings is 1. The van der Waals surface area contributed by atoms with E-state index in [0.29, 0.717) is 13.0 Å². The molecule has 1 rings (SSSR count). The average molecular weight is 265 g/mol. The van der Waals surface area contributed by atoms with E-state index in [4.69, 9.17) is 10.2 Å². The van der Waals surface area contributed by atoms with E-state index in [1.54, 1.807) is 17.0 Å². The van der Waals surface area contributed by atoms with Crippen molar-refractivity contribution in [3.63, 3.8) is 0 Å². The van der Waals surface area contributed by atoms with Gasteiger partial charge in [0, 0.05) is 19.2 Å². The number of carboxylic acids is 1. The number of hydrogen-bond donors (Lipinski definition) is 2. The van der Waals surface area contributed by atoms with Gasteiger partial charge in [-0.15, -0.1) is 0 Å². The number of aliphatic hydroxyl groups is 1. The van der Waals surface area contributed by atoms with Gasteiger partial charge in [0.15, 0.2) is 0 Å². The van der Waals surface area contributed by atoms with Crippen molar-refractivity contribution >= 4 is 11.9 Å². The molecule has 104 valence electrons. The van der Waals surface area contributed by atoms with E-state index in [0.717, 1.165) is 0 Å². The standard InChI is InChI=1S/C14H19NO4/c1-10(2)15(8-5-9-16)13(17)11-6-3-4-7-12(11)14(18)19/h3-4,6-7,10,16H,5,8-9H2,1-2H3,(H,18,19). The van der Waals surface area contributed by atoms with Crippen molar-refractivity contribution in [2.45, 2.75) is 26.3 Å². The van der Waals surface area contributed by atoms with E-state index >= 15 is 0 Å². The first-order valence-electron chi connectivity index (χ1n) is 6.23. The van der Waals surface area contributed by atoms with Gasteiger partial charge in [-0.3, -0.25) is 4.79 Å². The second-order valence-electron chi connectivity index (χ2n) is 4.52. The van der Waals surface area contributed by atoms with E-state index in [9.17, 15) is 9.59 Å². The van der Waals surface area contributed by atoms with Gasteiger partial charge in [-0.1, -0.05) is 12.1 Å². The smallest absolute Gasteiger partial charge is 0.336 e. The Bertz CT molecular complexity index is 457. The average Bonchev–Trinajstić information content (AvgIpc) is 2.38. The van der Waals surface area contributed by atoms with Crippen LogP contribution in [0.3, 0.4) is 0 Å². The van der Waals surface area contributed by atoms with Crippen LogP contribution in [0.15, 0.2) is 24.3 Å². The Morgan fingerprint density at radius 3 is 2.26 bits per heavy atom. The fourth-order valence-corrected chi connectivity index (χ4v) is 1.85. The normalized spacial score (nSPS) is 10.5. The summed E-state index contributed by atoms with van der Waals surface area (Å²) in [4.78, 5) is 25.1. The molecule has 0 atom stereocenters. The quantitative estimate of drug-likeness (QED) is 0.819. The number of carbonyl (C=O) groups is 2.